The van der Waals surface area contributed by atoms with E-state index in [0.29, 0.717) is 0 Å². The third-order valence-corrected chi connectivity index (χ3v) is 1.86. The summed E-state index contributed by atoms with van der Waals surface area (Å²) in [4.78, 5) is 2.24. The van der Waals surface area contributed by atoms with E-state index in [2.05, 4.69) is 18.9 Å². The summed E-state index contributed by atoms with van der Waals surface area (Å²) in [5.74, 6) is 0. The zero-order valence-corrected chi connectivity index (χ0v) is 6.15. The lowest BCUT2D eigenvalue weighted by atomic mass is 10.1. The molecule has 2 nitrogen and oxygen atoms in total. The van der Waals surface area contributed by atoms with Gasteiger partial charge in [0.05, 0.1) is 0 Å². The fourth-order valence-corrected chi connectivity index (χ4v) is 1.02. The number of hydrogen-bond acceptors (Lipinski definition) is 2. The van der Waals surface area contributed by atoms with Crippen LogP contribution in [0.1, 0.15) is 13.3 Å². The molecule has 0 fully saturated rings. The average molecular weight is 126 g/mol. The molecule has 2 N–H and O–H groups in total. The number of hydrogen-bond donors (Lipinski definition) is 1. The van der Waals surface area contributed by atoms with Crippen molar-refractivity contribution in [3.05, 3.63) is 11.3 Å². The molecule has 9 heavy (non-hydrogen) atoms. The van der Waals surface area contributed by atoms with Crippen molar-refractivity contribution in [2.75, 3.05) is 20.1 Å². The second-order valence-electron chi connectivity index (χ2n) is 2.79. The number of rotatable bonds is 0. The zero-order chi connectivity index (χ0) is 6.85. The maximum Gasteiger partial charge on any atom is 0.0376 e. The van der Waals surface area contributed by atoms with Crippen molar-refractivity contribution in [3.8, 4) is 0 Å². The summed E-state index contributed by atoms with van der Waals surface area (Å²) < 4.78 is 0. The Balaban J connectivity index is 2.61. The predicted molar refractivity (Wildman–Crippen MR) is 39.0 cm³/mol. The van der Waals surface area contributed by atoms with Crippen LogP contribution in [0.3, 0.4) is 0 Å². The standard InChI is InChI=1S/C7H14N2/c1-6-3-4-9(2)5-7(6)8/h3-5,8H2,1-2H3. The molecule has 0 saturated carbocycles. The normalized spacial score (nSPS) is 22.9. The zero-order valence-electron chi connectivity index (χ0n) is 6.15. The highest BCUT2D eigenvalue weighted by atomic mass is 15.1. The highest BCUT2D eigenvalue weighted by Gasteiger charge is 2.08. The first-order valence-electron chi connectivity index (χ1n) is 3.33. The molecule has 1 heterocycles. The van der Waals surface area contributed by atoms with Gasteiger partial charge in [0.1, 0.15) is 0 Å². The van der Waals surface area contributed by atoms with Gasteiger partial charge in [-0.05, 0) is 20.4 Å². The smallest absolute Gasteiger partial charge is 0.0376 e. The lowest BCUT2D eigenvalue weighted by Gasteiger charge is -2.23. The largest absolute Gasteiger partial charge is 0.401 e. The molecule has 1 rings (SSSR count). The lowest BCUT2D eigenvalue weighted by molar-refractivity contribution is 0.346. The Hall–Kier alpha value is -0.500. The van der Waals surface area contributed by atoms with Crippen LogP contribution in [0.15, 0.2) is 11.3 Å². The van der Waals surface area contributed by atoms with Gasteiger partial charge in [0.15, 0.2) is 0 Å². The molecule has 0 spiro atoms. The van der Waals surface area contributed by atoms with Crippen LogP contribution in [0, 0.1) is 0 Å². The van der Waals surface area contributed by atoms with E-state index < -0.39 is 0 Å². The van der Waals surface area contributed by atoms with E-state index in [-0.39, 0.29) is 0 Å². The molecular weight excluding hydrogens is 112 g/mol. The molecule has 52 valence electrons. The minimum Gasteiger partial charge on any atom is -0.401 e. The number of nitrogens with zero attached hydrogens (tertiary/aromatic N) is 1. The van der Waals surface area contributed by atoms with Gasteiger partial charge in [0.25, 0.3) is 0 Å². The second-order valence-corrected chi connectivity index (χ2v) is 2.79. The van der Waals surface area contributed by atoms with Crippen LogP contribution in [-0.2, 0) is 0 Å². The minimum absolute atomic E-state index is 0.950. The Bertz CT molecular complexity index is 138. The summed E-state index contributed by atoms with van der Waals surface area (Å²) in [5, 5.41) is 0. The fraction of sp³-hybridized carbons (Fsp3) is 0.714. The highest BCUT2D eigenvalue weighted by Crippen LogP contribution is 2.10. The molecule has 0 saturated heterocycles. The third-order valence-electron chi connectivity index (χ3n) is 1.86. The molecule has 0 aromatic rings. The van der Waals surface area contributed by atoms with Crippen LogP contribution < -0.4 is 5.73 Å². The van der Waals surface area contributed by atoms with Gasteiger partial charge in [-0.1, -0.05) is 5.57 Å². The Kier molecular flexibility index (Phi) is 1.76. The topological polar surface area (TPSA) is 29.3 Å². The summed E-state index contributed by atoms with van der Waals surface area (Å²) in [7, 11) is 2.10. The third kappa shape index (κ3) is 1.45. The maximum absolute atomic E-state index is 5.71. The van der Waals surface area contributed by atoms with Gasteiger partial charge in [-0.25, -0.2) is 0 Å². The highest BCUT2D eigenvalue weighted by molar-refractivity contribution is 5.13. The first kappa shape index (κ1) is 6.62. The molecule has 0 amide bonds. The molecule has 2 heteroatoms. The second kappa shape index (κ2) is 2.40. The van der Waals surface area contributed by atoms with Crippen molar-refractivity contribution in [1.29, 1.82) is 0 Å². The van der Waals surface area contributed by atoms with Crippen molar-refractivity contribution < 1.29 is 0 Å². The van der Waals surface area contributed by atoms with E-state index in [0.717, 1.165) is 25.2 Å². The van der Waals surface area contributed by atoms with Gasteiger partial charge in [-0.15, -0.1) is 0 Å². The Morgan fingerprint density at radius 1 is 1.56 bits per heavy atom. The first-order valence-corrected chi connectivity index (χ1v) is 3.33. The lowest BCUT2D eigenvalue weighted by Crippen LogP contribution is -2.30. The van der Waals surface area contributed by atoms with Crippen molar-refractivity contribution >= 4 is 0 Å². The molecule has 0 aliphatic carbocycles. The molecule has 0 atom stereocenters. The van der Waals surface area contributed by atoms with Crippen LogP contribution >= 0.6 is 0 Å². The maximum atomic E-state index is 5.71. The van der Waals surface area contributed by atoms with Crippen LogP contribution in [0.5, 0.6) is 0 Å². The van der Waals surface area contributed by atoms with E-state index in [4.69, 9.17) is 5.73 Å². The van der Waals surface area contributed by atoms with Gasteiger partial charge < -0.3 is 10.6 Å². The summed E-state index contributed by atoms with van der Waals surface area (Å²) in [6.07, 6.45) is 1.14. The van der Waals surface area contributed by atoms with Crippen molar-refractivity contribution in [2.45, 2.75) is 13.3 Å². The number of likely N-dealkylation sites (N-methyl/N-ethyl adjacent to an activating group) is 1. The van der Waals surface area contributed by atoms with Crippen molar-refractivity contribution in [3.63, 3.8) is 0 Å². The van der Waals surface area contributed by atoms with E-state index in [1.807, 2.05) is 0 Å². The van der Waals surface area contributed by atoms with Crippen molar-refractivity contribution in [2.24, 2.45) is 5.73 Å². The van der Waals surface area contributed by atoms with E-state index in [1.54, 1.807) is 0 Å². The SMILES string of the molecule is CC1=C(N)CN(C)CC1. The fourth-order valence-electron chi connectivity index (χ4n) is 1.02. The van der Waals surface area contributed by atoms with E-state index >= 15 is 0 Å². The molecule has 0 aromatic carbocycles. The average Bonchev–Trinajstić information content (AvgIpc) is 1.80. The predicted octanol–water partition coefficient (Wildman–Crippen LogP) is 0.555. The summed E-state index contributed by atoms with van der Waals surface area (Å²) in [5.41, 5.74) is 8.13. The van der Waals surface area contributed by atoms with Crippen LogP contribution in [0.2, 0.25) is 0 Å². The van der Waals surface area contributed by atoms with Gasteiger partial charge in [-0.3, -0.25) is 0 Å². The Labute approximate surface area is 56.3 Å². The van der Waals surface area contributed by atoms with Gasteiger partial charge in [-0.2, -0.15) is 0 Å². The molecule has 0 radical (unpaired) electrons. The summed E-state index contributed by atoms with van der Waals surface area (Å²) in [6.45, 7) is 4.22. The van der Waals surface area contributed by atoms with Gasteiger partial charge >= 0.3 is 0 Å². The minimum atomic E-state index is 0.950. The van der Waals surface area contributed by atoms with Crippen LogP contribution in [0.25, 0.3) is 0 Å². The molecule has 0 aromatic heterocycles. The van der Waals surface area contributed by atoms with Crippen LogP contribution in [-0.4, -0.2) is 25.0 Å². The Morgan fingerprint density at radius 3 is 2.67 bits per heavy atom. The summed E-state index contributed by atoms with van der Waals surface area (Å²) in [6, 6.07) is 0. The quantitative estimate of drug-likeness (QED) is 0.513. The molecule has 0 bridgehead atoms. The van der Waals surface area contributed by atoms with Crippen molar-refractivity contribution in [1.82, 2.24) is 4.90 Å². The van der Waals surface area contributed by atoms with Crippen LogP contribution in [0.4, 0.5) is 0 Å². The van der Waals surface area contributed by atoms with Gasteiger partial charge in [0.2, 0.25) is 0 Å². The monoisotopic (exact) mass is 126 g/mol. The first-order chi connectivity index (χ1) is 4.20. The van der Waals surface area contributed by atoms with E-state index in [9.17, 15) is 0 Å². The molecule has 0 unspecified atom stereocenters. The number of nitrogens with two attached hydrogens (primary N) is 1. The Morgan fingerprint density at radius 2 is 2.22 bits per heavy atom. The summed E-state index contributed by atoms with van der Waals surface area (Å²) >= 11 is 0. The molecule has 1 aliphatic rings. The molecule has 1 aliphatic heterocycles. The molecular formula is C7H14N2. The van der Waals surface area contributed by atoms with E-state index in [1.165, 1.54) is 5.57 Å². The van der Waals surface area contributed by atoms with Gasteiger partial charge in [0, 0.05) is 18.8 Å².